The molecule has 2 rings (SSSR count). The second-order valence-electron chi connectivity index (χ2n) is 3.79. The molecule has 0 aliphatic heterocycles. The molecule has 0 aliphatic rings. The zero-order chi connectivity index (χ0) is 13.8. The summed E-state index contributed by atoms with van der Waals surface area (Å²) in [5.74, 6) is 0.446. The van der Waals surface area contributed by atoms with Gasteiger partial charge in [-0.05, 0) is 19.9 Å². The number of aromatic hydroxyl groups is 1. The maximum Gasteiger partial charge on any atom is 0.348 e. The number of nitrogens with one attached hydrogen (secondary N) is 1. The van der Waals surface area contributed by atoms with Crippen LogP contribution >= 0.6 is 0 Å². The summed E-state index contributed by atoms with van der Waals surface area (Å²) in [4.78, 5) is 19.5. The van der Waals surface area contributed by atoms with E-state index in [-0.39, 0.29) is 23.0 Å². The Bertz CT molecular complexity index is 664. The second kappa shape index (κ2) is 5.30. The highest BCUT2D eigenvalue weighted by Crippen LogP contribution is 2.15. The van der Waals surface area contributed by atoms with Crippen molar-refractivity contribution in [2.75, 3.05) is 5.43 Å². The fourth-order valence-electron chi connectivity index (χ4n) is 1.48. The highest BCUT2D eigenvalue weighted by molar-refractivity contribution is 6.00. The zero-order valence-electron chi connectivity index (χ0n) is 10.4. The fraction of sp³-hybridized carbons (Fsp3) is 0.167. The molecule has 0 amide bonds. The van der Waals surface area contributed by atoms with Crippen LogP contribution in [0.4, 0.5) is 5.95 Å². The van der Waals surface area contributed by atoms with Gasteiger partial charge >= 0.3 is 5.63 Å². The Morgan fingerprint density at radius 3 is 2.74 bits per heavy atom. The third-order valence-corrected chi connectivity index (χ3v) is 2.31. The highest BCUT2D eigenvalue weighted by Gasteiger charge is 2.12. The van der Waals surface area contributed by atoms with Gasteiger partial charge in [0.05, 0.1) is 5.71 Å². The summed E-state index contributed by atoms with van der Waals surface area (Å²) in [5.41, 5.74) is 2.23. The number of hydrogen-bond acceptors (Lipinski definition) is 7. The van der Waals surface area contributed by atoms with E-state index in [9.17, 15) is 9.90 Å². The lowest BCUT2D eigenvalue weighted by Gasteiger charge is -2.03. The van der Waals surface area contributed by atoms with Gasteiger partial charge in [-0.3, -0.25) is 0 Å². The molecule has 2 aromatic rings. The van der Waals surface area contributed by atoms with E-state index in [4.69, 9.17) is 4.42 Å². The normalized spacial score (nSPS) is 11.4. The van der Waals surface area contributed by atoms with E-state index in [0.717, 1.165) is 0 Å². The summed E-state index contributed by atoms with van der Waals surface area (Å²) >= 11 is 0. The van der Waals surface area contributed by atoms with Crippen LogP contribution in [0.2, 0.25) is 0 Å². The molecule has 2 N–H and O–H groups in total. The van der Waals surface area contributed by atoms with Crippen molar-refractivity contribution in [2.24, 2.45) is 5.10 Å². The van der Waals surface area contributed by atoms with Gasteiger partial charge in [0, 0.05) is 18.5 Å². The van der Waals surface area contributed by atoms with Crippen molar-refractivity contribution in [3.8, 4) is 5.75 Å². The monoisotopic (exact) mass is 260 g/mol. The van der Waals surface area contributed by atoms with Crippen molar-refractivity contribution >= 4 is 11.7 Å². The Kier molecular flexibility index (Phi) is 3.56. The van der Waals surface area contributed by atoms with Crippen LogP contribution in [-0.2, 0) is 0 Å². The van der Waals surface area contributed by atoms with Crippen molar-refractivity contribution in [3.63, 3.8) is 0 Å². The maximum absolute atomic E-state index is 11.6. The molecule has 0 aliphatic carbocycles. The van der Waals surface area contributed by atoms with E-state index in [2.05, 4.69) is 20.5 Å². The number of aryl methyl sites for hydroxylation is 1. The first-order valence-corrected chi connectivity index (χ1v) is 5.49. The standard InChI is InChI=1S/C12H12N4O3/c1-7-6-9(17)10(11(18)19-7)8(2)15-16-12-13-4-3-5-14-12/h3-6,17H,1-2H3,(H,13,14,16)/b15-8+. The lowest BCUT2D eigenvalue weighted by Crippen LogP contribution is -2.14. The van der Waals surface area contributed by atoms with E-state index in [1.165, 1.54) is 6.07 Å². The Morgan fingerprint density at radius 2 is 2.11 bits per heavy atom. The Balaban J connectivity index is 2.30. The summed E-state index contributed by atoms with van der Waals surface area (Å²) in [6, 6.07) is 3.02. The lowest BCUT2D eigenvalue weighted by molar-refractivity contribution is 0.432. The molecule has 2 aromatic heterocycles. The summed E-state index contributed by atoms with van der Waals surface area (Å²) in [7, 11) is 0. The average molecular weight is 260 g/mol. The minimum absolute atomic E-state index is 0.00836. The molecule has 0 spiro atoms. The first-order valence-electron chi connectivity index (χ1n) is 5.49. The molecular weight excluding hydrogens is 248 g/mol. The SMILES string of the molecule is C/C(=N\Nc1ncccn1)c1c(O)cc(C)oc1=O. The summed E-state index contributed by atoms with van der Waals surface area (Å²) in [6.45, 7) is 3.14. The second-order valence-corrected chi connectivity index (χ2v) is 3.79. The average Bonchev–Trinajstić information content (AvgIpc) is 2.36. The largest absolute Gasteiger partial charge is 0.507 e. The molecule has 0 saturated carbocycles. The van der Waals surface area contributed by atoms with Crippen LogP contribution in [0, 0.1) is 6.92 Å². The van der Waals surface area contributed by atoms with Crippen molar-refractivity contribution in [1.29, 1.82) is 0 Å². The zero-order valence-corrected chi connectivity index (χ0v) is 10.4. The number of aromatic nitrogens is 2. The summed E-state index contributed by atoms with van der Waals surface area (Å²) in [5, 5.41) is 13.7. The molecule has 0 fully saturated rings. The van der Waals surface area contributed by atoms with Gasteiger partial charge in [0.2, 0.25) is 5.95 Å². The molecule has 0 unspecified atom stereocenters. The smallest absolute Gasteiger partial charge is 0.348 e. The highest BCUT2D eigenvalue weighted by atomic mass is 16.4. The molecule has 0 radical (unpaired) electrons. The third kappa shape index (κ3) is 2.95. The van der Waals surface area contributed by atoms with E-state index >= 15 is 0 Å². The first kappa shape index (κ1) is 12.7. The quantitative estimate of drug-likeness (QED) is 0.636. The Hall–Kier alpha value is -2.70. The predicted octanol–water partition coefficient (Wildman–Crippen LogP) is 1.28. The number of hydrogen-bond donors (Lipinski definition) is 2. The Labute approximate surface area is 108 Å². The van der Waals surface area contributed by atoms with E-state index in [1.54, 1.807) is 32.3 Å². The molecular formula is C12H12N4O3. The van der Waals surface area contributed by atoms with Crippen LogP contribution in [0.25, 0.3) is 0 Å². The molecule has 98 valence electrons. The van der Waals surface area contributed by atoms with Gasteiger partial charge in [-0.25, -0.2) is 20.2 Å². The summed E-state index contributed by atoms with van der Waals surface area (Å²) < 4.78 is 4.91. The van der Waals surface area contributed by atoms with Crippen LogP contribution in [-0.4, -0.2) is 20.8 Å². The molecule has 0 saturated heterocycles. The Morgan fingerprint density at radius 1 is 1.42 bits per heavy atom. The molecule has 0 bridgehead atoms. The topological polar surface area (TPSA) is 101 Å². The van der Waals surface area contributed by atoms with Crippen molar-refractivity contribution in [3.05, 3.63) is 46.3 Å². The van der Waals surface area contributed by atoms with Crippen molar-refractivity contribution in [2.45, 2.75) is 13.8 Å². The van der Waals surface area contributed by atoms with Crippen LogP contribution in [0.15, 0.2) is 38.8 Å². The van der Waals surface area contributed by atoms with Crippen LogP contribution in [0.1, 0.15) is 18.2 Å². The molecule has 2 heterocycles. The van der Waals surface area contributed by atoms with Crippen molar-refractivity contribution < 1.29 is 9.52 Å². The fourth-order valence-corrected chi connectivity index (χ4v) is 1.48. The molecule has 0 aromatic carbocycles. The van der Waals surface area contributed by atoms with Gasteiger partial charge in [0.1, 0.15) is 17.1 Å². The van der Waals surface area contributed by atoms with E-state index in [1.807, 2.05) is 0 Å². The molecule has 7 heteroatoms. The van der Waals surface area contributed by atoms with Gasteiger partial charge in [0.25, 0.3) is 0 Å². The van der Waals surface area contributed by atoms with Crippen LogP contribution in [0.5, 0.6) is 5.75 Å². The number of hydrazone groups is 1. The van der Waals surface area contributed by atoms with E-state index < -0.39 is 5.63 Å². The van der Waals surface area contributed by atoms with Gasteiger partial charge in [-0.2, -0.15) is 5.10 Å². The number of anilines is 1. The maximum atomic E-state index is 11.6. The molecule has 7 nitrogen and oxygen atoms in total. The minimum atomic E-state index is -0.644. The first-order chi connectivity index (χ1) is 9.08. The van der Waals surface area contributed by atoms with Crippen LogP contribution < -0.4 is 11.1 Å². The van der Waals surface area contributed by atoms with Crippen molar-refractivity contribution in [1.82, 2.24) is 9.97 Å². The molecule has 19 heavy (non-hydrogen) atoms. The van der Waals surface area contributed by atoms with Gasteiger partial charge in [-0.1, -0.05) is 0 Å². The van der Waals surface area contributed by atoms with Crippen LogP contribution in [0.3, 0.4) is 0 Å². The lowest BCUT2D eigenvalue weighted by atomic mass is 10.2. The van der Waals surface area contributed by atoms with Gasteiger partial charge in [0.15, 0.2) is 0 Å². The summed E-state index contributed by atoms with van der Waals surface area (Å²) in [6.07, 6.45) is 3.11. The molecule has 0 atom stereocenters. The van der Waals surface area contributed by atoms with Gasteiger partial charge in [-0.15, -0.1) is 0 Å². The number of rotatable bonds is 3. The predicted molar refractivity (Wildman–Crippen MR) is 69.2 cm³/mol. The van der Waals surface area contributed by atoms with Gasteiger partial charge < -0.3 is 9.52 Å². The number of nitrogens with zero attached hydrogens (tertiary/aromatic N) is 3. The third-order valence-electron chi connectivity index (χ3n) is 2.31. The minimum Gasteiger partial charge on any atom is -0.507 e. The van der Waals surface area contributed by atoms with E-state index in [0.29, 0.717) is 5.76 Å².